The van der Waals surface area contributed by atoms with E-state index in [2.05, 4.69) is 4.74 Å². The molecule has 1 rings (SSSR count). The Labute approximate surface area is 101 Å². The summed E-state index contributed by atoms with van der Waals surface area (Å²) < 4.78 is 52.5. The summed E-state index contributed by atoms with van der Waals surface area (Å²) in [6.07, 6.45) is 0. The van der Waals surface area contributed by atoms with E-state index in [0.29, 0.717) is 12.1 Å². The highest BCUT2D eigenvalue weighted by Crippen LogP contribution is 2.23. The third kappa shape index (κ3) is 3.13. The number of esters is 1. The van der Waals surface area contributed by atoms with Crippen molar-refractivity contribution in [3.05, 3.63) is 29.3 Å². The van der Waals surface area contributed by atoms with E-state index in [1.54, 1.807) is 0 Å². The molecule has 0 saturated carbocycles. The Hall–Kier alpha value is -1.21. The summed E-state index contributed by atoms with van der Waals surface area (Å²) in [6.45, 7) is 1.44. The maximum Gasteiger partial charge on any atom is 0.339 e. The van der Waals surface area contributed by atoms with Gasteiger partial charge in [-0.25, -0.2) is 22.0 Å². The van der Waals surface area contributed by atoms with Crippen molar-refractivity contribution < 1.29 is 26.7 Å². The zero-order valence-corrected chi connectivity index (χ0v) is 10.1. The van der Waals surface area contributed by atoms with Crippen LogP contribution < -0.4 is 0 Å². The SMILES string of the molecule is CCOC(=O)c1cc(F)c(F)cc1S(=O)(=O)Cl. The van der Waals surface area contributed by atoms with Gasteiger partial charge in [-0.3, -0.25) is 0 Å². The predicted molar refractivity (Wildman–Crippen MR) is 55.4 cm³/mol. The molecular formula is C9H7ClF2O4S. The summed E-state index contributed by atoms with van der Waals surface area (Å²) in [4.78, 5) is 10.5. The molecule has 0 aliphatic rings. The first-order valence-electron chi connectivity index (χ1n) is 4.38. The molecule has 0 unspecified atom stereocenters. The summed E-state index contributed by atoms with van der Waals surface area (Å²) in [5.41, 5.74) is -0.638. The molecule has 17 heavy (non-hydrogen) atoms. The molecule has 0 aromatic heterocycles. The Morgan fingerprint density at radius 1 is 1.35 bits per heavy atom. The Morgan fingerprint density at radius 2 is 1.88 bits per heavy atom. The largest absolute Gasteiger partial charge is 0.462 e. The minimum atomic E-state index is -4.37. The van der Waals surface area contributed by atoms with Crippen molar-refractivity contribution >= 4 is 25.7 Å². The molecule has 1 aromatic carbocycles. The van der Waals surface area contributed by atoms with Crippen LogP contribution in [0.15, 0.2) is 17.0 Å². The maximum absolute atomic E-state index is 12.9. The van der Waals surface area contributed by atoms with E-state index < -0.39 is 37.1 Å². The lowest BCUT2D eigenvalue weighted by molar-refractivity contribution is 0.0521. The van der Waals surface area contributed by atoms with Gasteiger partial charge >= 0.3 is 5.97 Å². The van der Waals surface area contributed by atoms with Gasteiger partial charge in [-0.1, -0.05) is 0 Å². The molecule has 0 amide bonds. The molecule has 0 aliphatic heterocycles. The third-order valence-corrected chi connectivity index (χ3v) is 3.14. The first-order chi connectivity index (χ1) is 7.77. The van der Waals surface area contributed by atoms with E-state index in [1.165, 1.54) is 6.92 Å². The Bertz CT molecular complexity index is 556. The molecule has 0 N–H and O–H groups in total. The monoisotopic (exact) mass is 284 g/mol. The van der Waals surface area contributed by atoms with Crippen molar-refractivity contribution in [1.29, 1.82) is 0 Å². The van der Waals surface area contributed by atoms with E-state index >= 15 is 0 Å². The number of carbonyl (C=O) groups is 1. The third-order valence-electron chi connectivity index (χ3n) is 1.78. The van der Waals surface area contributed by atoms with Gasteiger partial charge in [0.05, 0.1) is 17.1 Å². The van der Waals surface area contributed by atoms with E-state index in [0.717, 1.165) is 0 Å². The minimum Gasteiger partial charge on any atom is -0.462 e. The summed E-state index contributed by atoms with van der Waals surface area (Å²) >= 11 is 0. The topological polar surface area (TPSA) is 60.4 Å². The highest BCUT2D eigenvalue weighted by atomic mass is 35.7. The van der Waals surface area contributed by atoms with E-state index in [9.17, 15) is 22.0 Å². The molecule has 0 bridgehead atoms. The molecule has 0 aliphatic carbocycles. The average molecular weight is 285 g/mol. The van der Waals surface area contributed by atoms with E-state index in [-0.39, 0.29) is 6.61 Å². The molecule has 1 aromatic rings. The molecule has 8 heteroatoms. The second kappa shape index (κ2) is 4.97. The van der Waals surface area contributed by atoms with Crippen LogP contribution in [0.4, 0.5) is 8.78 Å². The summed E-state index contributed by atoms with van der Waals surface area (Å²) in [7, 11) is 0.636. The van der Waals surface area contributed by atoms with Crippen LogP contribution in [0.25, 0.3) is 0 Å². The first-order valence-corrected chi connectivity index (χ1v) is 6.69. The molecule has 0 spiro atoms. The fraction of sp³-hybridized carbons (Fsp3) is 0.222. The molecule has 0 radical (unpaired) electrons. The maximum atomic E-state index is 12.9. The number of hydrogen-bond donors (Lipinski definition) is 0. The smallest absolute Gasteiger partial charge is 0.339 e. The highest BCUT2D eigenvalue weighted by molar-refractivity contribution is 8.13. The van der Waals surface area contributed by atoms with Gasteiger partial charge in [0.15, 0.2) is 11.6 Å². The van der Waals surface area contributed by atoms with Gasteiger partial charge in [0.25, 0.3) is 9.05 Å². The second-order valence-corrected chi connectivity index (χ2v) is 5.46. The number of hydrogen-bond acceptors (Lipinski definition) is 4. The van der Waals surface area contributed by atoms with Crippen LogP contribution in [-0.4, -0.2) is 21.0 Å². The molecule has 0 atom stereocenters. The lowest BCUT2D eigenvalue weighted by Crippen LogP contribution is -2.11. The van der Waals surface area contributed by atoms with Crippen LogP contribution in [-0.2, 0) is 13.8 Å². The average Bonchev–Trinajstić information content (AvgIpc) is 2.20. The second-order valence-electron chi connectivity index (χ2n) is 2.92. The zero-order chi connectivity index (χ0) is 13.2. The standard InChI is InChI=1S/C9H7ClF2O4S/c1-2-16-9(13)5-3-6(11)7(12)4-8(5)17(10,14)15/h3-4H,2H2,1H3. The number of benzene rings is 1. The number of carbonyl (C=O) groups excluding carboxylic acids is 1. The quantitative estimate of drug-likeness (QED) is 0.630. The van der Waals surface area contributed by atoms with Gasteiger partial charge in [-0.2, -0.15) is 0 Å². The van der Waals surface area contributed by atoms with Crippen LogP contribution in [0.3, 0.4) is 0 Å². The van der Waals surface area contributed by atoms with Gasteiger partial charge in [0.2, 0.25) is 0 Å². The Morgan fingerprint density at radius 3 is 2.35 bits per heavy atom. The molecule has 0 fully saturated rings. The molecular weight excluding hydrogens is 278 g/mol. The summed E-state index contributed by atoms with van der Waals surface area (Å²) in [5, 5.41) is 0. The zero-order valence-electron chi connectivity index (χ0n) is 8.54. The molecule has 94 valence electrons. The van der Waals surface area contributed by atoms with Crippen molar-refractivity contribution in [3.8, 4) is 0 Å². The van der Waals surface area contributed by atoms with Crippen molar-refractivity contribution in [2.75, 3.05) is 6.61 Å². The predicted octanol–water partition coefficient (Wildman–Crippen LogP) is 2.07. The van der Waals surface area contributed by atoms with Crippen LogP contribution in [0.2, 0.25) is 0 Å². The van der Waals surface area contributed by atoms with Crippen LogP contribution >= 0.6 is 10.7 Å². The Kier molecular flexibility index (Phi) is 4.05. The number of halogens is 3. The molecule has 0 heterocycles. The van der Waals surface area contributed by atoms with Gasteiger partial charge in [-0.15, -0.1) is 0 Å². The van der Waals surface area contributed by atoms with Crippen molar-refractivity contribution in [3.63, 3.8) is 0 Å². The summed E-state index contributed by atoms with van der Waals surface area (Å²) in [5.74, 6) is -3.87. The van der Waals surface area contributed by atoms with Crippen LogP contribution in [0.5, 0.6) is 0 Å². The Balaban J connectivity index is 3.47. The molecule has 4 nitrogen and oxygen atoms in total. The van der Waals surface area contributed by atoms with E-state index in [1.807, 2.05) is 0 Å². The molecule has 0 saturated heterocycles. The lowest BCUT2D eigenvalue weighted by Gasteiger charge is -2.06. The fourth-order valence-corrected chi connectivity index (χ4v) is 2.13. The minimum absolute atomic E-state index is 0.0421. The van der Waals surface area contributed by atoms with Crippen molar-refractivity contribution in [2.24, 2.45) is 0 Å². The van der Waals surface area contributed by atoms with Gasteiger partial charge in [-0.05, 0) is 19.1 Å². The normalized spacial score (nSPS) is 11.3. The van der Waals surface area contributed by atoms with Gasteiger partial charge in [0.1, 0.15) is 0 Å². The van der Waals surface area contributed by atoms with Crippen molar-refractivity contribution in [2.45, 2.75) is 11.8 Å². The van der Waals surface area contributed by atoms with Crippen LogP contribution in [0.1, 0.15) is 17.3 Å². The summed E-state index contributed by atoms with van der Waals surface area (Å²) in [6, 6.07) is 0.770. The highest BCUT2D eigenvalue weighted by Gasteiger charge is 2.24. The lowest BCUT2D eigenvalue weighted by atomic mass is 10.2. The first kappa shape index (κ1) is 13.9. The fourth-order valence-electron chi connectivity index (χ4n) is 1.10. The van der Waals surface area contributed by atoms with Crippen molar-refractivity contribution in [1.82, 2.24) is 0 Å². The van der Waals surface area contributed by atoms with Crippen LogP contribution in [0, 0.1) is 11.6 Å². The van der Waals surface area contributed by atoms with Gasteiger partial charge < -0.3 is 4.74 Å². The number of rotatable bonds is 3. The van der Waals surface area contributed by atoms with Gasteiger partial charge in [0, 0.05) is 10.7 Å². The number of ether oxygens (including phenoxy) is 1. The van der Waals surface area contributed by atoms with E-state index in [4.69, 9.17) is 10.7 Å².